The molecule has 1 aromatic heterocycles. The predicted molar refractivity (Wildman–Crippen MR) is 102 cm³/mol. The molecule has 0 saturated heterocycles. The lowest BCUT2D eigenvalue weighted by atomic mass is 10.1. The number of halogens is 1. The van der Waals surface area contributed by atoms with Crippen molar-refractivity contribution >= 4 is 22.7 Å². The van der Waals surface area contributed by atoms with E-state index < -0.39 is 0 Å². The molecule has 3 rings (SSSR count). The molecule has 3 aromatic rings. The molecule has 1 heterocycles. The first-order chi connectivity index (χ1) is 12.6. The molecule has 0 aliphatic carbocycles. The summed E-state index contributed by atoms with van der Waals surface area (Å²) in [5.41, 5.74) is 2.82. The Morgan fingerprint density at radius 3 is 2.73 bits per heavy atom. The number of aryl methyl sites for hydroxylation is 1. The third-order valence-electron chi connectivity index (χ3n) is 3.68. The monoisotopic (exact) mass is 370 g/mol. The van der Waals surface area contributed by atoms with Crippen LogP contribution in [0.15, 0.2) is 46.9 Å². The second-order valence-electron chi connectivity index (χ2n) is 5.62. The lowest BCUT2D eigenvalue weighted by molar-refractivity contribution is 0.311. The van der Waals surface area contributed by atoms with Crippen molar-refractivity contribution in [3.05, 3.63) is 59.5 Å². The van der Waals surface area contributed by atoms with Gasteiger partial charge in [0.15, 0.2) is 11.5 Å². The van der Waals surface area contributed by atoms with Crippen molar-refractivity contribution in [1.82, 2.24) is 10.2 Å². The van der Waals surface area contributed by atoms with Crippen molar-refractivity contribution in [2.45, 2.75) is 13.8 Å². The third-order valence-corrected chi connectivity index (χ3v) is 3.95. The average molecular weight is 371 g/mol. The van der Waals surface area contributed by atoms with Crippen LogP contribution in [0.4, 0.5) is 0 Å². The van der Waals surface area contributed by atoms with Gasteiger partial charge in [-0.2, -0.15) is 0 Å². The van der Waals surface area contributed by atoms with Crippen molar-refractivity contribution in [2.75, 3.05) is 13.7 Å². The number of aromatic nitrogens is 2. The van der Waals surface area contributed by atoms with E-state index in [2.05, 4.69) is 10.2 Å². The van der Waals surface area contributed by atoms with Gasteiger partial charge in [-0.15, -0.1) is 10.2 Å². The van der Waals surface area contributed by atoms with Gasteiger partial charge in [-0.25, -0.2) is 0 Å². The molecule has 0 bridgehead atoms. The SMILES string of the molecule is CCOc1cc(/C=C(\Cl)c2nnc(-c3cccc(C)c3)o2)ccc1OC. The summed E-state index contributed by atoms with van der Waals surface area (Å²) < 4.78 is 16.6. The number of hydrogen-bond donors (Lipinski definition) is 0. The smallest absolute Gasteiger partial charge is 0.259 e. The zero-order chi connectivity index (χ0) is 18.5. The highest BCUT2D eigenvalue weighted by molar-refractivity contribution is 6.50. The van der Waals surface area contributed by atoms with Crippen LogP contribution in [0.5, 0.6) is 11.5 Å². The van der Waals surface area contributed by atoms with E-state index in [1.165, 1.54) is 0 Å². The summed E-state index contributed by atoms with van der Waals surface area (Å²) in [6.07, 6.45) is 1.75. The fourth-order valence-corrected chi connectivity index (χ4v) is 2.68. The summed E-state index contributed by atoms with van der Waals surface area (Å²) in [5, 5.41) is 8.47. The zero-order valence-corrected chi connectivity index (χ0v) is 15.6. The van der Waals surface area contributed by atoms with Gasteiger partial charge >= 0.3 is 0 Å². The second kappa shape index (κ2) is 8.06. The van der Waals surface area contributed by atoms with Gasteiger partial charge in [0.2, 0.25) is 5.89 Å². The number of benzene rings is 2. The minimum Gasteiger partial charge on any atom is -0.493 e. The van der Waals surface area contributed by atoms with Crippen LogP contribution in [0.2, 0.25) is 0 Å². The van der Waals surface area contributed by atoms with Crippen LogP contribution in [-0.2, 0) is 0 Å². The normalized spacial score (nSPS) is 11.5. The Labute approximate surface area is 157 Å². The maximum Gasteiger partial charge on any atom is 0.259 e. The summed E-state index contributed by atoms with van der Waals surface area (Å²) in [5.74, 6) is 2.01. The van der Waals surface area contributed by atoms with Crippen LogP contribution in [-0.4, -0.2) is 23.9 Å². The average Bonchev–Trinajstić information content (AvgIpc) is 3.13. The number of nitrogens with zero attached hydrogens (tertiary/aromatic N) is 2. The minimum absolute atomic E-state index is 0.261. The van der Waals surface area contributed by atoms with Gasteiger partial charge in [0, 0.05) is 5.56 Å². The molecule has 0 aliphatic heterocycles. The maximum atomic E-state index is 6.37. The molecule has 134 valence electrons. The van der Waals surface area contributed by atoms with Crippen molar-refractivity contribution in [2.24, 2.45) is 0 Å². The van der Waals surface area contributed by atoms with Crippen molar-refractivity contribution in [1.29, 1.82) is 0 Å². The molecule has 0 saturated carbocycles. The summed E-state index contributed by atoms with van der Waals surface area (Å²) in [7, 11) is 1.60. The van der Waals surface area contributed by atoms with Gasteiger partial charge in [-0.1, -0.05) is 35.4 Å². The zero-order valence-electron chi connectivity index (χ0n) is 14.8. The third kappa shape index (κ3) is 4.06. The molecule has 0 amide bonds. The molecule has 0 unspecified atom stereocenters. The lowest BCUT2D eigenvalue weighted by Crippen LogP contribution is -1.95. The van der Waals surface area contributed by atoms with Crippen molar-refractivity contribution < 1.29 is 13.9 Å². The largest absolute Gasteiger partial charge is 0.493 e. The lowest BCUT2D eigenvalue weighted by Gasteiger charge is -2.09. The van der Waals surface area contributed by atoms with Gasteiger partial charge in [0.05, 0.1) is 13.7 Å². The molecule has 26 heavy (non-hydrogen) atoms. The van der Waals surface area contributed by atoms with Crippen LogP contribution < -0.4 is 9.47 Å². The van der Waals surface area contributed by atoms with Gasteiger partial charge in [0.25, 0.3) is 5.89 Å². The van der Waals surface area contributed by atoms with Gasteiger partial charge < -0.3 is 13.9 Å². The molecule has 6 heteroatoms. The molecular weight excluding hydrogens is 352 g/mol. The maximum absolute atomic E-state index is 6.37. The van der Waals surface area contributed by atoms with Crippen LogP contribution in [0, 0.1) is 6.92 Å². The Hall–Kier alpha value is -2.79. The topological polar surface area (TPSA) is 57.4 Å². The van der Waals surface area contributed by atoms with Crippen LogP contribution >= 0.6 is 11.6 Å². The second-order valence-corrected chi connectivity index (χ2v) is 6.02. The fraction of sp³-hybridized carbons (Fsp3) is 0.200. The Morgan fingerprint density at radius 2 is 2.00 bits per heavy atom. The minimum atomic E-state index is 0.261. The Morgan fingerprint density at radius 1 is 1.15 bits per heavy atom. The molecule has 5 nitrogen and oxygen atoms in total. The Bertz CT molecular complexity index is 934. The first kappa shape index (κ1) is 18.0. The molecule has 0 spiro atoms. The number of rotatable bonds is 6. The van der Waals surface area contributed by atoms with Gasteiger partial charge in [-0.05, 0) is 49.8 Å². The molecule has 2 aromatic carbocycles. The van der Waals surface area contributed by atoms with Crippen molar-refractivity contribution in [3.8, 4) is 23.0 Å². The summed E-state index contributed by atoms with van der Waals surface area (Å²) in [6, 6.07) is 13.4. The van der Waals surface area contributed by atoms with E-state index in [9.17, 15) is 0 Å². The van der Waals surface area contributed by atoms with E-state index in [4.69, 9.17) is 25.5 Å². The summed E-state index contributed by atoms with van der Waals surface area (Å²) in [4.78, 5) is 0. The van der Waals surface area contributed by atoms with E-state index >= 15 is 0 Å². The molecule has 0 fully saturated rings. The van der Waals surface area contributed by atoms with Crippen LogP contribution in [0.1, 0.15) is 23.9 Å². The summed E-state index contributed by atoms with van der Waals surface area (Å²) >= 11 is 6.37. The van der Waals surface area contributed by atoms with E-state index in [-0.39, 0.29) is 5.89 Å². The van der Waals surface area contributed by atoms with Crippen LogP contribution in [0.3, 0.4) is 0 Å². The highest BCUT2D eigenvalue weighted by Gasteiger charge is 2.12. The summed E-state index contributed by atoms with van der Waals surface area (Å²) in [6.45, 7) is 4.47. The Balaban J connectivity index is 1.87. The molecule has 0 aliphatic rings. The highest BCUT2D eigenvalue weighted by atomic mass is 35.5. The highest BCUT2D eigenvalue weighted by Crippen LogP contribution is 2.31. The standard InChI is InChI=1S/C20H19ClN2O3/c1-4-25-18-12-14(8-9-17(18)24-3)11-16(21)20-23-22-19(26-20)15-7-5-6-13(2)10-15/h5-12H,4H2,1-3H3/b16-11-. The first-order valence-electron chi connectivity index (χ1n) is 8.19. The first-order valence-corrected chi connectivity index (χ1v) is 8.57. The molecular formula is C20H19ClN2O3. The predicted octanol–water partition coefficient (Wildman–Crippen LogP) is 5.19. The molecule has 0 atom stereocenters. The van der Waals surface area contributed by atoms with Crippen LogP contribution in [0.25, 0.3) is 22.6 Å². The van der Waals surface area contributed by atoms with Gasteiger partial charge in [0.1, 0.15) is 5.03 Å². The quantitative estimate of drug-likeness (QED) is 0.597. The number of methoxy groups -OCH3 is 1. The van der Waals surface area contributed by atoms with E-state index in [1.807, 2.05) is 56.3 Å². The Kier molecular flexibility index (Phi) is 5.58. The number of ether oxygens (including phenoxy) is 2. The molecule has 0 N–H and O–H groups in total. The fourth-order valence-electron chi connectivity index (χ4n) is 2.47. The van der Waals surface area contributed by atoms with E-state index in [0.717, 1.165) is 16.7 Å². The molecule has 0 radical (unpaired) electrons. The van der Waals surface area contributed by atoms with E-state index in [1.54, 1.807) is 13.2 Å². The number of hydrogen-bond acceptors (Lipinski definition) is 5. The van der Waals surface area contributed by atoms with Crippen molar-refractivity contribution in [3.63, 3.8) is 0 Å². The van der Waals surface area contributed by atoms with E-state index in [0.29, 0.717) is 29.0 Å². The van der Waals surface area contributed by atoms with Gasteiger partial charge in [-0.3, -0.25) is 0 Å².